The molecule has 20 heavy (non-hydrogen) atoms. The maximum atomic E-state index is 13.2. The third-order valence-corrected chi connectivity index (χ3v) is 4.36. The van der Waals surface area contributed by atoms with E-state index in [1.165, 1.54) is 18.9 Å². The van der Waals surface area contributed by atoms with Crippen LogP contribution in [0.5, 0.6) is 5.75 Å². The smallest absolute Gasteiger partial charge is 0.123 e. The number of methoxy groups -OCH3 is 1. The second-order valence-electron chi connectivity index (χ2n) is 6.07. The maximum absolute atomic E-state index is 13.2. The summed E-state index contributed by atoms with van der Waals surface area (Å²) >= 11 is 0. The summed E-state index contributed by atoms with van der Waals surface area (Å²) in [6.07, 6.45) is 4.63. The molecule has 1 atom stereocenters. The number of halogens is 1. The molecular weight excluding hydrogens is 257 g/mol. The van der Waals surface area contributed by atoms with Crippen molar-refractivity contribution in [2.24, 2.45) is 5.41 Å². The molecule has 4 heteroatoms. The van der Waals surface area contributed by atoms with Crippen LogP contribution in [0.1, 0.15) is 24.8 Å². The van der Waals surface area contributed by atoms with Crippen LogP contribution in [0.25, 0.3) is 0 Å². The fraction of sp³-hybridized carbons (Fsp3) is 0.625. The van der Waals surface area contributed by atoms with E-state index in [4.69, 9.17) is 9.47 Å². The van der Waals surface area contributed by atoms with Crippen molar-refractivity contribution in [3.8, 4) is 5.75 Å². The first-order valence-electron chi connectivity index (χ1n) is 7.36. The van der Waals surface area contributed by atoms with Crippen LogP contribution in [0.2, 0.25) is 0 Å². The summed E-state index contributed by atoms with van der Waals surface area (Å²) < 4.78 is 24.2. The third-order valence-electron chi connectivity index (χ3n) is 4.36. The van der Waals surface area contributed by atoms with E-state index in [0.717, 1.165) is 43.9 Å². The number of ether oxygens (including phenoxy) is 2. The minimum atomic E-state index is -0.171. The van der Waals surface area contributed by atoms with Crippen LogP contribution in [0.3, 0.4) is 0 Å². The summed E-state index contributed by atoms with van der Waals surface area (Å²) in [6, 6.07) is 4.83. The van der Waals surface area contributed by atoms with Crippen molar-refractivity contribution in [3.05, 3.63) is 29.6 Å². The Hall–Kier alpha value is -1.13. The Bertz CT molecular complexity index is 474. The first kappa shape index (κ1) is 13.8. The van der Waals surface area contributed by atoms with Gasteiger partial charge in [0.2, 0.25) is 0 Å². The average molecular weight is 279 g/mol. The van der Waals surface area contributed by atoms with Crippen LogP contribution in [0.15, 0.2) is 18.2 Å². The molecule has 1 aromatic carbocycles. The average Bonchev–Trinajstić information content (AvgIpc) is 3.06. The molecule has 0 bridgehead atoms. The molecule has 3 rings (SSSR count). The highest BCUT2D eigenvalue weighted by Crippen LogP contribution is 2.50. The van der Waals surface area contributed by atoms with E-state index in [-0.39, 0.29) is 11.9 Å². The lowest BCUT2D eigenvalue weighted by Crippen LogP contribution is -2.30. The number of nitrogens with one attached hydrogen (secondary N) is 1. The second kappa shape index (κ2) is 5.70. The topological polar surface area (TPSA) is 30.5 Å². The highest BCUT2D eigenvalue weighted by molar-refractivity contribution is 5.38. The molecule has 0 saturated heterocycles. The van der Waals surface area contributed by atoms with Crippen LogP contribution in [0.4, 0.5) is 4.39 Å². The van der Waals surface area contributed by atoms with E-state index in [0.29, 0.717) is 5.41 Å². The van der Waals surface area contributed by atoms with Gasteiger partial charge in [0.25, 0.3) is 0 Å². The van der Waals surface area contributed by atoms with Crippen molar-refractivity contribution < 1.29 is 13.9 Å². The number of benzene rings is 1. The standard InChI is InChI=1S/C16H22FNO2/c1-19-7-6-18-11-16(4-5-16)10-14-9-12-8-13(17)2-3-15(12)20-14/h2-3,8,14,18H,4-7,9-11H2,1H3. The van der Waals surface area contributed by atoms with Gasteiger partial charge in [-0.15, -0.1) is 0 Å². The zero-order valence-electron chi connectivity index (χ0n) is 12.0. The van der Waals surface area contributed by atoms with E-state index >= 15 is 0 Å². The molecule has 1 saturated carbocycles. The molecule has 1 aliphatic carbocycles. The summed E-state index contributed by atoms with van der Waals surface area (Å²) in [5, 5.41) is 3.45. The van der Waals surface area contributed by atoms with Gasteiger partial charge >= 0.3 is 0 Å². The van der Waals surface area contributed by atoms with Gasteiger partial charge in [-0.05, 0) is 42.9 Å². The van der Waals surface area contributed by atoms with Crippen molar-refractivity contribution in [1.82, 2.24) is 5.32 Å². The lowest BCUT2D eigenvalue weighted by molar-refractivity contribution is 0.176. The maximum Gasteiger partial charge on any atom is 0.123 e. The molecular formula is C16H22FNO2. The lowest BCUT2D eigenvalue weighted by Gasteiger charge is -2.20. The quantitative estimate of drug-likeness (QED) is 0.778. The predicted molar refractivity (Wildman–Crippen MR) is 75.5 cm³/mol. The van der Waals surface area contributed by atoms with Crippen molar-refractivity contribution in [3.63, 3.8) is 0 Å². The molecule has 2 aliphatic rings. The van der Waals surface area contributed by atoms with Gasteiger partial charge < -0.3 is 14.8 Å². The van der Waals surface area contributed by atoms with Crippen LogP contribution in [-0.4, -0.2) is 32.9 Å². The van der Waals surface area contributed by atoms with Crippen molar-refractivity contribution in [2.45, 2.75) is 31.8 Å². The minimum Gasteiger partial charge on any atom is -0.490 e. The molecule has 1 aromatic rings. The Morgan fingerprint density at radius 3 is 3.05 bits per heavy atom. The molecule has 110 valence electrons. The van der Waals surface area contributed by atoms with Crippen molar-refractivity contribution in [1.29, 1.82) is 0 Å². The number of hydrogen-bond donors (Lipinski definition) is 1. The lowest BCUT2D eigenvalue weighted by atomic mass is 9.95. The third kappa shape index (κ3) is 3.13. The van der Waals surface area contributed by atoms with Gasteiger partial charge in [0.05, 0.1) is 6.61 Å². The number of fused-ring (bicyclic) bond motifs is 1. The van der Waals surface area contributed by atoms with Gasteiger partial charge in [-0.3, -0.25) is 0 Å². The first-order valence-corrected chi connectivity index (χ1v) is 7.36. The van der Waals surface area contributed by atoms with Gasteiger partial charge in [0.1, 0.15) is 17.7 Å². The molecule has 0 amide bonds. The molecule has 1 unspecified atom stereocenters. The van der Waals surface area contributed by atoms with Crippen LogP contribution in [-0.2, 0) is 11.2 Å². The van der Waals surface area contributed by atoms with E-state index in [2.05, 4.69) is 5.32 Å². The molecule has 3 nitrogen and oxygen atoms in total. The highest BCUT2D eigenvalue weighted by atomic mass is 19.1. The van der Waals surface area contributed by atoms with E-state index in [1.807, 2.05) is 0 Å². The first-order chi connectivity index (χ1) is 9.71. The van der Waals surface area contributed by atoms with Crippen LogP contribution in [0, 0.1) is 11.2 Å². The Balaban J connectivity index is 1.50. The number of rotatable bonds is 7. The summed E-state index contributed by atoms with van der Waals surface area (Å²) in [6.45, 7) is 2.68. The van der Waals surface area contributed by atoms with E-state index < -0.39 is 0 Å². The largest absolute Gasteiger partial charge is 0.490 e. The zero-order valence-corrected chi connectivity index (χ0v) is 12.0. The Morgan fingerprint density at radius 1 is 1.45 bits per heavy atom. The molecule has 1 aliphatic heterocycles. The predicted octanol–water partition coefficient (Wildman–Crippen LogP) is 2.54. The molecule has 1 heterocycles. The molecule has 1 fully saturated rings. The fourth-order valence-corrected chi connectivity index (χ4v) is 3.04. The fourth-order valence-electron chi connectivity index (χ4n) is 3.04. The Kier molecular flexibility index (Phi) is 3.94. The Labute approximate surface area is 119 Å². The van der Waals surface area contributed by atoms with Gasteiger partial charge in [-0.25, -0.2) is 4.39 Å². The van der Waals surface area contributed by atoms with Crippen molar-refractivity contribution in [2.75, 3.05) is 26.8 Å². The highest BCUT2D eigenvalue weighted by Gasteiger charge is 2.45. The summed E-state index contributed by atoms with van der Waals surface area (Å²) in [4.78, 5) is 0. The van der Waals surface area contributed by atoms with E-state index in [9.17, 15) is 4.39 Å². The number of hydrogen-bond acceptors (Lipinski definition) is 3. The van der Waals surface area contributed by atoms with Gasteiger partial charge in [0, 0.05) is 32.2 Å². The Morgan fingerprint density at radius 2 is 2.30 bits per heavy atom. The molecule has 1 N–H and O–H groups in total. The monoisotopic (exact) mass is 279 g/mol. The van der Waals surface area contributed by atoms with Gasteiger partial charge in [-0.2, -0.15) is 0 Å². The van der Waals surface area contributed by atoms with Gasteiger partial charge in [0.15, 0.2) is 0 Å². The van der Waals surface area contributed by atoms with Crippen LogP contribution >= 0.6 is 0 Å². The summed E-state index contributed by atoms with van der Waals surface area (Å²) in [5.41, 5.74) is 1.40. The molecule has 0 spiro atoms. The summed E-state index contributed by atoms with van der Waals surface area (Å²) in [7, 11) is 1.72. The molecule has 0 aromatic heterocycles. The van der Waals surface area contributed by atoms with Crippen LogP contribution < -0.4 is 10.1 Å². The van der Waals surface area contributed by atoms with Gasteiger partial charge in [-0.1, -0.05) is 0 Å². The molecule has 0 radical (unpaired) electrons. The SMILES string of the molecule is COCCNCC1(CC2Cc3cc(F)ccc3O2)CC1. The second-order valence-corrected chi connectivity index (χ2v) is 6.07. The normalized spacial score (nSPS) is 22.4. The van der Waals surface area contributed by atoms with E-state index in [1.54, 1.807) is 19.2 Å². The minimum absolute atomic E-state index is 0.171. The van der Waals surface area contributed by atoms with Crippen molar-refractivity contribution >= 4 is 0 Å². The zero-order chi connectivity index (χ0) is 14.0. The summed E-state index contributed by atoms with van der Waals surface area (Å²) in [5.74, 6) is 0.690.